The molecule has 0 amide bonds. The number of thioether (sulfide) groups is 1. The number of para-hydroxylation sites is 1. The Morgan fingerprint density at radius 1 is 1.09 bits per heavy atom. The zero-order valence-electron chi connectivity index (χ0n) is 12.5. The molecular formula is C17H17NO2S2. The smallest absolute Gasteiger partial charge is 0.161 e. The molecule has 5 heteroatoms. The predicted octanol–water partition coefficient (Wildman–Crippen LogP) is 4.68. The van der Waals surface area contributed by atoms with Gasteiger partial charge >= 0.3 is 0 Å². The number of benzene rings is 2. The van der Waals surface area contributed by atoms with Gasteiger partial charge in [-0.3, -0.25) is 0 Å². The second kappa shape index (κ2) is 6.58. The lowest BCUT2D eigenvalue weighted by Gasteiger charge is -2.16. The molecule has 2 aromatic rings. The monoisotopic (exact) mass is 331 g/mol. The van der Waals surface area contributed by atoms with Crippen molar-refractivity contribution in [1.29, 1.82) is 0 Å². The highest BCUT2D eigenvalue weighted by molar-refractivity contribution is 7.99. The van der Waals surface area contributed by atoms with Crippen molar-refractivity contribution in [3.63, 3.8) is 0 Å². The Morgan fingerprint density at radius 2 is 1.86 bits per heavy atom. The summed E-state index contributed by atoms with van der Waals surface area (Å²) in [4.78, 5) is 2.07. The van der Waals surface area contributed by atoms with E-state index in [9.17, 15) is 0 Å². The molecule has 22 heavy (non-hydrogen) atoms. The van der Waals surface area contributed by atoms with E-state index in [1.165, 1.54) is 10.5 Å². The maximum atomic E-state index is 5.48. The first kappa shape index (κ1) is 15.2. The molecule has 0 aromatic heterocycles. The minimum Gasteiger partial charge on any atom is -0.493 e. The Labute approximate surface area is 140 Å². The highest BCUT2D eigenvalue weighted by atomic mass is 32.2. The van der Waals surface area contributed by atoms with E-state index in [-0.39, 0.29) is 5.25 Å². The van der Waals surface area contributed by atoms with Crippen LogP contribution in [0.25, 0.3) is 0 Å². The Hall–Kier alpha value is -1.72. The van der Waals surface area contributed by atoms with Crippen LogP contribution in [0.5, 0.6) is 11.5 Å². The van der Waals surface area contributed by atoms with E-state index < -0.39 is 0 Å². The van der Waals surface area contributed by atoms with Gasteiger partial charge in [-0.1, -0.05) is 30.4 Å². The fourth-order valence-corrected chi connectivity index (χ4v) is 4.10. The lowest BCUT2D eigenvalue weighted by molar-refractivity contribution is 0.354. The van der Waals surface area contributed by atoms with Gasteiger partial charge in [-0.2, -0.15) is 0 Å². The minimum absolute atomic E-state index is 0.253. The minimum atomic E-state index is 0.253. The van der Waals surface area contributed by atoms with Crippen molar-refractivity contribution in [2.45, 2.75) is 16.6 Å². The maximum Gasteiger partial charge on any atom is 0.161 e. The number of ether oxygens (including phenoxy) is 2. The second-order valence-corrected chi connectivity index (χ2v) is 6.71. The molecule has 0 radical (unpaired) electrons. The van der Waals surface area contributed by atoms with Crippen LogP contribution in [0.15, 0.2) is 47.4 Å². The third kappa shape index (κ3) is 3.05. The fourth-order valence-electron chi connectivity index (χ4n) is 2.48. The first-order valence-corrected chi connectivity index (χ1v) is 8.27. The number of methoxy groups -OCH3 is 2. The summed E-state index contributed by atoms with van der Waals surface area (Å²) >= 11 is 7.30. The maximum absolute atomic E-state index is 5.48. The topological polar surface area (TPSA) is 30.5 Å². The molecule has 3 rings (SSSR count). The van der Waals surface area contributed by atoms with Crippen molar-refractivity contribution in [1.82, 2.24) is 0 Å². The van der Waals surface area contributed by atoms with E-state index in [2.05, 4.69) is 23.5 Å². The van der Waals surface area contributed by atoms with Gasteiger partial charge in [0, 0.05) is 16.6 Å². The lowest BCUT2D eigenvalue weighted by atomic mass is 10.1. The van der Waals surface area contributed by atoms with Crippen LogP contribution < -0.4 is 14.8 Å². The molecule has 1 heterocycles. The fraction of sp³-hybridized carbons (Fsp3) is 0.235. The van der Waals surface area contributed by atoms with Crippen molar-refractivity contribution >= 4 is 34.7 Å². The molecule has 1 aliphatic heterocycles. The van der Waals surface area contributed by atoms with Crippen molar-refractivity contribution in [3.8, 4) is 11.5 Å². The Morgan fingerprint density at radius 3 is 2.64 bits per heavy atom. The summed E-state index contributed by atoms with van der Waals surface area (Å²) in [5.41, 5.74) is 2.27. The highest BCUT2D eigenvalue weighted by Gasteiger charge is 2.22. The van der Waals surface area contributed by atoms with E-state index in [1.807, 2.05) is 36.0 Å². The average Bonchev–Trinajstić information content (AvgIpc) is 2.72. The molecule has 0 saturated heterocycles. The van der Waals surface area contributed by atoms with Crippen LogP contribution in [0.4, 0.5) is 5.69 Å². The number of thiocarbonyl (C=S) groups is 1. The average molecular weight is 331 g/mol. The summed E-state index contributed by atoms with van der Waals surface area (Å²) in [6.07, 6.45) is 0.796. The molecule has 0 aliphatic carbocycles. The number of hydrogen-bond donors (Lipinski definition) is 1. The van der Waals surface area contributed by atoms with Crippen molar-refractivity contribution in [3.05, 3.63) is 48.0 Å². The Balaban J connectivity index is 1.96. The molecule has 1 aliphatic rings. The summed E-state index contributed by atoms with van der Waals surface area (Å²) in [5.74, 6) is 1.49. The van der Waals surface area contributed by atoms with E-state index in [4.69, 9.17) is 21.7 Å². The van der Waals surface area contributed by atoms with Crippen LogP contribution in [0.2, 0.25) is 0 Å². The van der Waals surface area contributed by atoms with Crippen LogP contribution in [-0.4, -0.2) is 19.2 Å². The third-order valence-corrected chi connectivity index (χ3v) is 5.18. The van der Waals surface area contributed by atoms with Crippen molar-refractivity contribution < 1.29 is 9.47 Å². The molecule has 2 aromatic carbocycles. The van der Waals surface area contributed by atoms with Gasteiger partial charge in [0.2, 0.25) is 0 Å². The van der Waals surface area contributed by atoms with E-state index >= 15 is 0 Å². The normalized spacial score (nSPS) is 17.2. The predicted molar refractivity (Wildman–Crippen MR) is 95.4 cm³/mol. The SMILES string of the molecule is COc1ccc([C@H]2CC(=S)Nc3ccccc3S2)cc1OC. The second-order valence-electron chi connectivity index (χ2n) is 4.97. The van der Waals surface area contributed by atoms with Gasteiger partial charge in [-0.15, -0.1) is 11.8 Å². The molecule has 1 N–H and O–H groups in total. The van der Waals surface area contributed by atoms with Crippen molar-refractivity contribution in [2.24, 2.45) is 0 Å². The number of hydrogen-bond acceptors (Lipinski definition) is 4. The lowest BCUT2D eigenvalue weighted by Crippen LogP contribution is -2.09. The number of rotatable bonds is 3. The summed E-state index contributed by atoms with van der Waals surface area (Å²) in [5, 5.41) is 3.58. The van der Waals surface area contributed by atoms with Crippen LogP contribution in [-0.2, 0) is 0 Å². The Kier molecular flexibility index (Phi) is 4.55. The largest absolute Gasteiger partial charge is 0.493 e. The van der Waals surface area contributed by atoms with Gasteiger partial charge in [-0.05, 0) is 29.8 Å². The van der Waals surface area contributed by atoms with Crippen LogP contribution in [0, 0.1) is 0 Å². The van der Waals surface area contributed by atoms with E-state index in [0.717, 1.165) is 28.6 Å². The first-order chi connectivity index (χ1) is 10.7. The molecule has 0 unspecified atom stereocenters. The van der Waals surface area contributed by atoms with Crippen molar-refractivity contribution in [2.75, 3.05) is 19.5 Å². The van der Waals surface area contributed by atoms with E-state index in [0.29, 0.717) is 0 Å². The summed E-state index contributed by atoms with van der Waals surface area (Å²) in [6, 6.07) is 14.3. The summed E-state index contributed by atoms with van der Waals surface area (Å²) in [7, 11) is 3.30. The summed E-state index contributed by atoms with van der Waals surface area (Å²) in [6.45, 7) is 0. The molecule has 0 saturated carbocycles. The zero-order chi connectivity index (χ0) is 15.5. The standard InChI is InChI=1S/C17H17NO2S2/c1-19-13-8-7-11(9-14(13)20-2)16-10-17(21)18-12-5-3-4-6-15(12)22-16/h3-9,16H,10H2,1-2H3,(H,18,21)/t16-/m1/s1. The quantitative estimate of drug-likeness (QED) is 0.825. The molecular weight excluding hydrogens is 314 g/mol. The molecule has 1 atom stereocenters. The van der Waals surface area contributed by atoms with Gasteiger partial charge < -0.3 is 14.8 Å². The van der Waals surface area contributed by atoms with Gasteiger partial charge in [0.25, 0.3) is 0 Å². The van der Waals surface area contributed by atoms with Gasteiger partial charge in [0.1, 0.15) is 0 Å². The molecule has 3 nitrogen and oxygen atoms in total. The number of nitrogens with one attached hydrogen (secondary N) is 1. The van der Waals surface area contributed by atoms with Crippen LogP contribution >= 0.6 is 24.0 Å². The van der Waals surface area contributed by atoms with Gasteiger partial charge in [0.05, 0.1) is 24.9 Å². The molecule has 0 spiro atoms. The molecule has 0 fully saturated rings. The Bertz CT molecular complexity index is 703. The van der Waals surface area contributed by atoms with Gasteiger partial charge in [0.15, 0.2) is 11.5 Å². The molecule has 114 valence electrons. The van der Waals surface area contributed by atoms with Crippen LogP contribution in [0.3, 0.4) is 0 Å². The first-order valence-electron chi connectivity index (χ1n) is 6.98. The van der Waals surface area contributed by atoms with Gasteiger partial charge in [-0.25, -0.2) is 0 Å². The summed E-state index contributed by atoms with van der Waals surface area (Å²) < 4.78 is 10.7. The van der Waals surface area contributed by atoms with Crippen LogP contribution in [0.1, 0.15) is 17.2 Å². The zero-order valence-corrected chi connectivity index (χ0v) is 14.1. The van der Waals surface area contributed by atoms with E-state index in [1.54, 1.807) is 14.2 Å². The molecule has 0 bridgehead atoms. The number of anilines is 1. The highest BCUT2D eigenvalue weighted by Crippen LogP contribution is 2.45. The number of fused-ring (bicyclic) bond motifs is 1. The third-order valence-electron chi connectivity index (χ3n) is 3.58.